The number of rotatable bonds is 1. The van der Waals surface area contributed by atoms with Crippen molar-refractivity contribution in [2.75, 3.05) is 6.54 Å². The van der Waals surface area contributed by atoms with Crippen molar-refractivity contribution in [2.45, 2.75) is 44.4 Å². The monoisotopic (exact) mass is 261 g/mol. The van der Waals surface area contributed by atoms with E-state index >= 15 is 4.39 Å². The van der Waals surface area contributed by atoms with Gasteiger partial charge in [-0.25, -0.2) is 0 Å². The molecule has 102 valence electrons. The number of nitrogens with zero attached hydrogens (tertiary/aromatic N) is 1. The van der Waals surface area contributed by atoms with Crippen molar-refractivity contribution >= 4 is 5.90 Å². The van der Waals surface area contributed by atoms with Gasteiger partial charge in [-0.2, -0.15) is 4.39 Å². The Labute approximate surface area is 113 Å². The SMILES string of the molecule is F[C@@]12CCCCCC[C@@H]1CN=C(c1ccccc1)O2. The highest BCUT2D eigenvalue weighted by atomic mass is 19.2. The molecule has 0 spiro atoms. The minimum Gasteiger partial charge on any atom is -0.440 e. The molecule has 1 fully saturated rings. The van der Waals surface area contributed by atoms with Gasteiger partial charge in [-0.1, -0.05) is 37.5 Å². The van der Waals surface area contributed by atoms with Gasteiger partial charge in [-0.3, -0.25) is 4.99 Å². The Morgan fingerprint density at radius 3 is 2.74 bits per heavy atom. The molecular formula is C16H20FNO. The van der Waals surface area contributed by atoms with E-state index in [9.17, 15) is 0 Å². The zero-order chi connectivity index (χ0) is 13.1. The first-order valence-corrected chi connectivity index (χ1v) is 7.26. The van der Waals surface area contributed by atoms with E-state index in [0.29, 0.717) is 18.9 Å². The zero-order valence-electron chi connectivity index (χ0n) is 11.1. The fourth-order valence-electron chi connectivity index (χ4n) is 3.01. The number of hydrogen-bond donors (Lipinski definition) is 0. The Morgan fingerprint density at radius 2 is 1.89 bits per heavy atom. The lowest BCUT2D eigenvalue weighted by molar-refractivity contribution is -0.139. The molecule has 19 heavy (non-hydrogen) atoms. The van der Waals surface area contributed by atoms with Crippen molar-refractivity contribution in [3.63, 3.8) is 0 Å². The lowest BCUT2D eigenvalue weighted by Crippen LogP contribution is -2.44. The largest absolute Gasteiger partial charge is 0.440 e. The molecule has 0 unspecified atom stereocenters. The summed E-state index contributed by atoms with van der Waals surface area (Å²) >= 11 is 0. The van der Waals surface area contributed by atoms with Crippen LogP contribution in [0, 0.1) is 5.92 Å². The van der Waals surface area contributed by atoms with E-state index in [1.165, 1.54) is 6.42 Å². The molecule has 0 N–H and O–H groups in total. The molecule has 1 aromatic carbocycles. The maximum absolute atomic E-state index is 15.1. The van der Waals surface area contributed by atoms with Gasteiger partial charge in [0.25, 0.3) is 5.85 Å². The van der Waals surface area contributed by atoms with E-state index in [1.807, 2.05) is 30.3 Å². The van der Waals surface area contributed by atoms with Crippen LogP contribution in [-0.4, -0.2) is 18.3 Å². The molecule has 3 rings (SSSR count). The van der Waals surface area contributed by atoms with Crippen LogP contribution in [0.5, 0.6) is 0 Å². The van der Waals surface area contributed by atoms with Crippen LogP contribution in [0.1, 0.15) is 44.1 Å². The number of ether oxygens (including phenoxy) is 1. The van der Waals surface area contributed by atoms with E-state index in [0.717, 1.165) is 31.2 Å². The minimum absolute atomic E-state index is 0.0692. The van der Waals surface area contributed by atoms with Crippen molar-refractivity contribution in [2.24, 2.45) is 10.9 Å². The summed E-state index contributed by atoms with van der Waals surface area (Å²) in [4.78, 5) is 4.46. The summed E-state index contributed by atoms with van der Waals surface area (Å²) in [5.41, 5.74) is 0.875. The fraction of sp³-hybridized carbons (Fsp3) is 0.562. The van der Waals surface area contributed by atoms with Crippen molar-refractivity contribution in [3.05, 3.63) is 35.9 Å². The van der Waals surface area contributed by atoms with Crippen molar-refractivity contribution in [1.82, 2.24) is 0 Å². The summed E-state index contributed by atoms with van der Waals surface area (Å²) in [6.45, 7) is 0.556. The third-order valence-corrected chi connectivity index (χ3v) is 4.17. The maximum atomic E-state index is 15.1. The lowest BCUT2D eigenvalue weighted by atomic mass is 9.86. The number of fused-ring (bicyclic) bond motifs is 1. The Hall–Kier alpha value is -1.38. The predicted octanol–water partition coefficient (Wildman–Crippen LogP) is 4.10. The smallest absolute Gasteiger partial charge is 0.254 e. The van der Waals surface area contributed by atoms with Gasteiger partial charge in [0.15, 0.2) is 0 Å². The average Bonchev–Trinajstić information content (AvgIpc) is 2.42. The van der Waals surface area contributed by atoms with Gasteiger partial charge < -0.3 is 4.74 Å². The first kappa shape index (κ1) is 12.6. The summed E-state index contributed by atoms with van der Waals surface area (Å²) < 4.78 is 20.8. The molecule has 1 aliphatic carbocycles. The van der Waals surface area contributed by atoms with E-state index < -0.39 is 5.85 Å². The molecule has 2 atom stereocenters. The van der Waals surface area contributed by atoms with Crippen molar-refractivity contribution in [1.29, 1.82) is 0 Å². The quantitative estimate of drug-likeness (QED) is 0.745. The molecule has 1 aromatic rings. The molecule has 0 amide bonds. The molecule has 1 saturated carbocycles. The fourth-order valence-corrected chi connectivity index (χ4v) is 3.01. The van der Waals surface area contributed by atoms with Crippen LogP contribution >= 0.6 is 0 Å². The second-order valence-corrected chi connectivity index (χ2v) is 5.55. The standard InChI is InChI=1S/C16H20FNO/c17-16-11-7-2-1-6-10-14(16)12-18-15(19-16)13-8-4-3-5-9-13/h3-5,8-9,14H,1-2,6-7,10-12H2/t14-,16-/m1/s1. The van der Waals surface area contributed by atoms with E-state index in [4.69, 9.17) is 4.74 Å². The highest BCUT2D eigenvalue weighted by Gasteiger charge is 2.44. The second kappa shape index (κ2) is 5.32. The first-order chi connectivity index (χ1) is 9.28. The minimum atomic E-state index is -1.51. The van der Waals surface area contributed by atoms with Gasteiger partial charge in [0.1, 0.15) is 0 Å². The number of halogens is 1. The highest BCUT2D eigenvalue weighted by Crippen LogP contribution is 2.39. The summed E-state index contributed by atoms with van der Waals surface area (Å²) in [7, 11) is 0. The van der Waals surface area contributed by atoms with Gasteiger partial charge in [0, 0.05) is 17.9 Å². The third-order valence-electron chi connectivity index (χ3n) is 4.17. The van der Waals surface area contributed by atoms with Crippen molar-refractivity contribution in [3.8, 4) is 0 Å². The van der Waals surface area contributed by atoms with Crippen LogP contribution in [0.3, 0.4) is 0 Å². The van der Waals surface area contributed by atoms with Crippen LogP contribution in [-0.2, 0) is 4.74 Å². The number of hydrogen-bond acceptors (Lipinski definition) is 2. The molecule has 0 aromatic heterocycles. The third kappa shape index (κ3) is 2.65. The Kier molecular flexibility index (Phi) is 3.54. The summed E-state index contributed by atoms with van der Waals surface area (Å²) in [6.07, 6.45) is 5.72. The second-order valence-electron chi connectivity index (χ2n) is 5.55. The normalized spacial score (nSPS) is 31.4. The topological polar surface area (TPSA) is 21.6 Å². The number of benzene rings is 1. The molecule has 1 heterocycles. The average molecular weight is 261 g/mol. The maximum Gasteiger partial charge on any atom is 0.254 e. The molecule has 0 bridgehead atoms. The molecule has 2 aliphatic rings. The number of aliphatic imine (C=N–C) groups is 1. The Bertz CT molecular complexity index is 459. The van der Waals surface area contributed by atoms with E-state index in [-0.39, 0.29) is 5.92 Å². The predicted molar refractivity (Wildman–Crippen MR) is 74.0 cm³/mol. The lowest BCUT2D eigenvalue weighted by Gasteiger charge is -2.38. The van der Waals surface area contributed by atoms with Gasteiger partial charge in [0.05, 0.1) is 6.54 Å². The molecular weight excluding hydrogens is 241 g/mol. The summed E-state index contributed by atoms with van der Waals surface area (Å²) in [5, 5.41) is 0. The van der Waals surface area contributed by atoms with Crippen LogP contribution in [0.4, 0.5) is 4.39 Å². The number of alkyl halides is 1. The van der Waals surface area contributed by atoms with E-state index in [1.54, 1.807) is 0 Å². The zero-order valence-corrected chi connectivity index (χ0v) is 11.1. The van der Waals surface area contributed by atoms with Gasteiger partial charge in [-0.15, -0.1) is 0 Å². The van der Waals surface area contributed by atoms with Gasteiger partial charge in [0.2, 0.25) is 5.90 Å². The van der Waals surface area contributed by atoms with Gasteiger partial charge >= 0.3 is 0 Å². The van der Waals surface area contributed by atoms with Crippen LogP contribution in [0.25, 0.3) is 0 Å². The molecule has 2 nitrogen and oxygen atoms in total. The van der Waals surface area contributed by atoms with Crippen LogP contribution < -0.4 is 0 Å². The van der Waals surface area contributed by atoms with Gasteiger partial charge in [-0.05, 0) is 25.0 Å². The molecule has 0 radical (unpaired) electrons. The Morgan fingerprint density at radius 1 is 1.11 bits per heavy atom. The molecule has 3 heteroatoms. The van der Waals surface area contributed by atoms with Crippen LogP contribution in [0.2, 0.25) is 0 Å². The molecule has 0 saturated heterocycles. The molecule has 1 aliphatic heterocycles. The summed E-state index contributed by atoms with van der Waals surface area (Å²) in [5.74, 6) is -1.10. The highest BCUT2D eigenvalue weighted by molar-refractivity contribution is 5.94. The van der Waals surface area contributed by atoms with Crippen molar-refractivity contribution < 1.29 is 9.13 Å². The van der Waals surface area contributed by atoms with E-state index in [2.05, 4.69) is 4.99 Å². The summed E-state index contributed by atoms with van der Waals surface area (Å²) in [6, 6.07) is 9.64. The first-order valence-electron chi connectivity index (χ1n) is 7.26. The van der Waals surface area contributed by atoms with Crippen LogP contribution in [0.15, 0.2) is 35.3 Å². The Balaban J connectivity index is 1.83.